The van der Waals surface area contributed by atoms with Crippen LogP contribution in [0.5, 0.6) is 0 Å². The molecule has 1 unspecified atom stereocenters. The summed E-state index contributed by atoms with van der Waals surface area (Å²) in [5.74, 6) is -1.35. The molecule has 7 nitrogen and oxygen atoms in total. The largest absolute Gasteiger partial charge is 0.369 e. The van der Waals surface area contributed by atoms with E-state index in [1.54, 1.807) is 0 Å². The Hall–Kier alpha value is -2.90. The summed E-state index contributed by atoms with van der Waals surface area (Å²) in [6, 6.07) is 3.34. The number of fused-ring (bicyclic) bond motifs is 1. The van der Waals surface area contributed by atoms with Gasteiger partial charge in [-0.25, -0.2) is 9.18 Å². The van der Waals surface area contributed by atoms with Gasteiger partial charge >= 0.3 is 6.03 Å². The van der Waals surface area contributed by atoms with Crippen molar-refractivity contribution in [1.29, 1.82) is 0 Å². The van der Waals surface area contributed by atoms with Gasteiger partial charge in [0.1, 0.15) is 11.5 Å². The van der Waals surface area contributed by atoms with Gasteiger partial charge in [0.2, 0.25) is 11.3 Å². The number of likely N-dealkylation sites (tertiary alicyclic amines) is 1. The van der Waals surface area contributed by atoms with Crippen LogP contribution in [-0.2, 0) is 4.79 Å². The summed E-state index contributed by atoms with van der Waals surface area (Å²) >= 11 is 0. The van der Waals surface area contributed by atoms with Gasteiger partial charge in [0.15, 0.2) is 0 Å². The van der Waals surface area contributed by atoms with E-state index in [9.17, 15) is 18.8 Å². The zero-order chi connectivity index (χ0) is 17.3. The van der Waals surface area contributed by atoms with Crippen molar-refractivity contribution in [2.24, 2.45) is 11.7 Å². The summed E-state index contributed by atoms with van der Waals surface area (Å²) in [4.78, 5) is 40.3. The molecule has 1 aromatic heterocycles. The Morgan fingerprint density at radius 1 is 1.38 bits per heavy atom. The quantitative estimate of drug-likeness (QED) is 0.773. The number of halogens is 1. The number of primary amides is 1. The molecule has 8 heteroatoms. The summed E-state index contributed by atoms with van der Waals surface area (Å²) in [5.41, 5.74) is 5.33. The summed E-state index contributed by atoms with van der Waals surface area (Å²) in [5, 5.41) is 2.67. The van der Waals surface area contributed by atoms with E-state index in [0.29, 0.717) is 24.9 Å². The minimum atomic E-state index is -0.531. The van der Waals surface area contributed by atoms with Gasteiger partial charge in [-0.1, -0.05) is 0 Å². The predicted molar refractivity (Wildman–Crippen MR) is 87.0 cm³/mol. The maximum Gasteiger partial charge on any atom is 0.322 e. The van der Waals surface area contributed by atoms with Gasteiger partial charge in [-0.3, -0.25) is 9.59 Å². The van der Waals surface area contributed by atoms with Crippen LogP contribution in [0.15, 0.2) is 29.2 Å². The molecule has 1 saturated heterocycles. The van der Waals surface area contributed by atoms with Crippen molar-refractivity contribution in [2.45, 2.75) is 12.8 Å². The molecule has 2 heterocycles. The number of amides is 3. The van der Waals surface area contributed by atoms with E-state index in [2.05, 4.69) is 10.3 Å². The van der Waals surface area contributed by atoms with Crippen LogP contribution >= 0.6 is 0 Å². The number of nitrogens with two attached hydrogens (primary N) is 1. The molecule has 0 spiro atoms. The maximum atomic E-state index is 13.3. The van der Waals surface area contributed by atoms with Crippen LogP contribution in [-0.4, -0.2) is 34.9 Å². The topological polar surface area (TPSA) is 108 Å². The van der Waals surface area contributed by atoms with Crippen LogP contribution in [0.2, 0.25) is 0 Å². The molecule has 0 radical (unpaired) electrons. The van der Waals surface area contributed by atoms with Gasteiger partial charge in [0, 0.05) is 24.8 Å². The Kier molecular flexibility index (Phi) is 4.20. The van der Waals surface area contributed by atoms with Crippen molar-refractivity contribution in [1.82, 2.24) is 9.88 Å². The monoisotopic (exact) mass is 332 g/mol. The maximum absolute atomic E-state index is 13.3. The molecule has 1 aliphatic heterocycles. The number of anilines is 1. The highest BCUT2D eigenvalue weighted by atomic mass is 19.1. The molecule has 126 valence electrons. The van der Waals surface area contributed by atoms with E-state index in [1.807, 2.05) is 0 Å². The van der Waals surface area contributed by atoms with E-state index in [4.69, 9.17) is 5.73 Å². The number of hydrogen-bond acceptors (Lipinski definition) is 3. The fourth-order valence-corrected chi connectivity index (χ4v) is 2.87. The van der Waals surface area contributed by atoms with Gasteiger partial charge in [-0.2, -0.15) is 0 Å². The molecule has 1 fully saturated rings. The highest BCUT2D eigenvalue weighted by molar-refractivity contribution is 5.92. The lowest BCUT2D eigenvalue weighted by atomic mass is 9.98. The highest BCUT2D eigenvalue weighted by Crippen LogP contribution is 2.17. The van der Waals surface area contributed by atoms with Crippen molar-refractivity contribution >= 4 is 28.5 Å². The summed E-state index contributed by atoms with van der Waals surface area (Å²) < 4.78 is 13.3. The second-order valence-corrected chi connectivity index (χ2v) is 5.84. The molecular formula is C16H17FN4O3. The Balaban J connectivity index is 1.82. The lowest BCUT2D eigenvalue weighted by molar-refractivity contribution is -0.123. The van der Waals surface area contributed by atoms with E-state index in [-0.39, 0.29) is 23.5 Å². The molecule has 0 bridgehead atoms. The summed E-state index contributed by atoms with van der Waals surface area (Å²) in [6.45, 7) is 0.705. The van der Waals surface area contributed by atoms with Crippen molar-refractivity contribution in [2.75, 3.05) is 18.4 Å². The average Bonchev–Trinajstić information content (AvgIpc) is 2.58. The SMILES string of the molecule is NC(=O)C1CCCN(C(=O)Nc2c[nH]c3ccc(F)cc3c2=O)C1. The number of H-pyrrole nitrogens is 1. The van der Waals surface area contributed by atoms with Crippen molar-refractivity contribution in [3.05, 3.63) is 40.4 Å². The van der Waals surface area contributed by atoms with E-state index >= 15 is 0 Å². The van der Waals surface area contributed by atoms with Gasteiger partial charge < -0.3 is 20.9 Å². The van der Waals surface area contributed by atoms with Crippen LogP contribution in [0.3, 0.4) is 0 Å². The number of benzene rings is 1. The molecule has 1 aromatic carbocycles. The second kappa shape index (κ2) is 6.31. The fourth-order valence-electron chi connectivity index (χ4n) is 2.87. The van der Waals surface area contributed by atoms with Crippen LogP contribution in [0.4, 0.5) is 14.9 Å². The number of hydrogen-bond donors (Lipinski definition) is 3. The molecule has 4 N–H and O–H groups in total. The number of aromatic nitrogens is 1. The number of nitrogens with zero attached hydrogens (tertiary/aromatic N) is 1. The molecular weight excluding hydrogens is 315 g/mol. The zero-order valence-corrected chi connectivity index (χ0v) is 12.8. The van der Waals surface area contributed by atoms with Crippen LogP contribution in [0.1, 0.15) is 12.8 Å². The first-order chi connectivity index (χ1) is 11.5. The standard InChI is InChI=1S/C16H17FN4O3/c17-10-3-4-12-11(6-10)14(22)13(7-19-12)20-16(24)21-5-1-2-9(8-21)15(18)23/h3-4,6-7,9H,1-2,5,8H2,(H2,18,23)(H,19,22)(H,20,24). The van der Waals surface area contributed by atoms with Crippen molar-refractivity contribution < 1.29 is 14.0 Å². The minimum absolute atomic E-state index is 0.0271. The number of carbonyl (C=O) groups is 2. The Labute approximate surface area is 136 Å². The Morgan fingerprint density at radius 3 is 2.92 bits per heavy atom. The lowest BCUT2D eigenvalue weighted by Gasteiger charge is -2.31. The Morgan fingerprint density at radius 2 is 2.17 bits per heavy atom. The first-order valence-corrected chi connectivity index (χ1v) is 7.62. The first-order valence-electron chi connectivity index (χ1n) is 7.62. The molecule has 1 atom stereocenters. The number of aromatic amines is 1. The van der Waals surface area contributed by atoms with E-state index < -0.39 is 23.2 Å². The van der Waals surface area contributed by atoms with Crippen LogP contribution in [0.25, 0.3) is 10.9 Å². The fraction of sp³-hybridized carbons (Fsp3) is 0.312. The second-order valence-electron chi connectivity index (χ2n) is 5.84. The number of carbonyl (C=O) groups excluding carboxylic acids is 2. The predicted octanol–water partition coefficient (Wildman–Crippen LogP) is 1.40. The number of piperidine rings is 1. The van der Waals surface area contributed by atoms with Crippen molar-refractivity contribution in [3.63, 3.8) is 0 Å². The van der Waals surface area contributed by atoms with Crippen LogP contribution < -0.4 is 16.5 Å². The highest BCUT2D eigenvalue weighted by Gasteiger charge is 2.27. The third-order valence-electron chi connectivity index (χ3n) is 4.20. The van der Waals surface area contributed by atoms with Crippen LogP contribution in [0, 0.1) is 11.7 Å². The first kappa shape index (κ1) is 16.0. The minimum Gasteiger partial charge on any atom is -0.369 e. The zero-order valence-electron chi connectivity index (χ0n) is 12.8. The molecule has 24 heavy (non-hydrogen) atoms. The van der Waals surface area contributed by atoms with Gasteiger partial charge in [0.25, 0.3) is 0 Å². The number of nitrogens with one attached hydrogen (secondary N) is 2. The molecule has 2 aromatic rings. The number of urea groups is 1. The summed E-state index contributed by atoms with van der Waals surface area (Å²) in [6.07, 6.45) is 2.69. The number of pyridine rings is 1. The average molecular weight is 332 g/mol. The molecule has 3 rings (SSSR count). The normalized spacial score (nSPS) is 17.7. The molecule has 1 aliphatic rings. The van der Waals surface area contributed by atoms with Gasteiger partial charge in [-0.05, 0) is 31.0 Å². The summed E-state index contributed by atoms with van der Waals surface area (Å²) in [7, 11) is 0. The van der Waals surface area contributed by atoms with Gasteiger partial charge in [0.05, 0.1) is 11.3 Å². The molecule has 3 amide bonds. The van der Waals surface area contributed by atoms with Crippen molar-refractivity contribution in [3.8, 4) is 0 Å². The Bertz CT molecular complexity index is 864. The van der Waals surface area contributed by atoms with E-state index in [1.165, 1.54) is 23.2 Å². The van der Waals surface area contributed by atoms with E-state index in [0.717, 1.165) is 6.07 Å². The molecule has 0 aliphatic carbocycles. The molecule has 0 saturated carbocycles. The number of rotatable bonds is 2. The third kappa shape index (κ3) is 3.08. The smallest absolute Gasteiger partial charge is 0.322 e. The third-order valence-corrected chi connectivity index (χ3v) is 4.20. The lowest BCUT2D eigenvalue weighted by Crippen LogP contribution is -2.46. The van der Waals surface area contributed by atoms with Gasteiger partial charge in [-0.15, -0.1) is 0 Å².